The predicted octanol–water partition coefficient (Wildman–Crippen LogP) is -0.248. The van der Waals surface area contributed by atoms with Crippen LogP contribution in [-0.4, -0.2) is 235 Å². The number of imide groups is 1. The molecule has 37 nitrogen and oxygen atoms in total. The van der Waals surface area contributed by atoms with E-state index in [1.165, 1.54) is 32.1 Å². The van der Waals surface area contributed by atoms with Crippen LogP contribution in [0.4, 0.5) is 14.9 Å². The molecule has 0 radical (unpaired) electrons. The number of H-pyrrole nitrogens is 1. The van der Waals surface area contributed by atoms with Crippen LogP contribution in [0.15, 0.2) is 66.7 Å². The van der Waals surface area contributed by atoms with Gasteiger partial charge in [-0.1, -0.05) is 109 Å². The number of nitrogens with one attached hydrogen (secondary N) is 13. The van der Waals surface area contributed by atoms with E-state index in [-0.39, 0.29) is 139 Å². The van der Waals surface area contributed by atoms with Gasteiger partial charge in [0.15, 0.2) is 0 Å². The van der Waals surface area contributed by atoms with Crippen LogP contribution in [0, 0.1) is 31.5 Å². The van der Waals surface area contributed by atoms with Crippen LogP contribution in [0.5, 0.6) is 0 Å². The van der Waals surface area contributed by atoms with Gasteiger partial charge in [-0.15, -0.1) is 0 Å². The van der Waals surface area contributed by atoms with E-state index in [1.807, 2.05) is 13.8 Å². The monoisotopic (exact) mass is 1730 g/mol. The van der Waals surface area contributed by atoms with Gasteiger partial charge in [0, 0.05) is 56.0 Å². The van der Waals surface area contributed by atoms with Crippen molar-refractivity contribution in [2.45, 2.75) is 232 Å². The second-order valence-electron chi connectivity index (χ2n) is 31.9. The Hall–Kier alpha value is -11.1. The van der Waals surface area contributed by atoms with Crippen LogP contribution in [0.2, 0.25) is 0 Å². The average Bonchev–Trinajstić information content (AvgIpc) is 1.60. The number of rotatable bonds is 54. The largest absolute Gasteiger partial charge is 0.393 e. The van der Waals surface area contributed by atoms with Gasteiger partial charge in [-0.05, 0) is 189 Å². The molecule has 15 amide bonds. The number of hydrogen-bond donors (Lipinski definition) is 21. The minimum absolute atomic E-state index is 0.0195. The Bertz CT molecular complexity index is 4290. The fraction of sp³-hybridized carbons (Fsp3) is 0.558. The molecule has 11 atom stereocenters. The maximum absolute atomic E-state index is 15.1. The first-order valence-corrected chi connectivity index (χ1v) is 42.6. The number of carbonyl (C=O) groups excluding carboxylic acids is 14. The van der Waals surface area contributed by atoms with E-state index in [0.717, 1.165) is 43.3 Å². The molecule has 3 aromatic carbocycles. The molecule has 1 aromatic heterocycles. The van der Waals surface area contributed by atoms with Gasteiger partial charge in [-0.3, -0.25) is 62.3 Å². The summed E-state index contributed by atoms with van der Waals surface area (Å²) in [5.74, 6) is -11.0. The highest BCUT2D eigenvalue weighted by Crippen LogP contribution is 2.39. The number of aromatic nitrogens is 1. The molecule has 684 valence electrons. The summed E-state index contributed by atoms with van der Waals surface area (Å²) in [6.45, 7) is 19.5. The standard InChI is InChI=1S/C86H132FN21O16/c1-11-107(12-2)41-40-95-83(121)73-51(8)67(97-52(73)9)46-60-59-45-58(87)26-27-70(59)108(85(60)123)86(124)96-47-55-20-24-57(25-21-55)56-22-18-54(19-23-56)44-69(82(120)104-68(42-49(5)6)81(119)101-63(30-36-90)76(114)99-61(28-34-88)75(93)113)105-78(116)64(31-37-91)100-79(117)66(33-39-94-72(112)43-50(7)109)102-77(115)65(32-38-92)103-84(122)74(53(10)110)106-80(118)62(29-35-89)98-71(111)17-15-13-14-16-48(3)4/h18-27,45-46,48-50,53,61-66,68-69,74,97,109-110H,11-17,28-44,47,88-92H2,1-10H3,(H2,93,113)(H,94,112)(H,95,121)(H,96,124)(H,98,111)(H,99,114)(H,100,117)(H,101,119)(H,102,115)(H,103,122)(H,104,120)(H,105,116)(H,106,118)/b60-46-/t50-,53-,61+,62-,63+,64?,65+,66+,68+,69-,74+/m1/s1. The predicted molar refractivity (Wildman–Crippen MR) is 468 cm³/mol. The van der Waals surface area contributed by atoms with Crippen molar-refractivity contribution in [1.29, 1.82) is 0 Å². The summed E-state index contributed by atoms with van der Waals surface area (Å²) in [6.07, 6.45) is 0.389. The van der Waals surface area contributed by atoms with Gasteiger partial charge >= 0.3 is 6.03 Å². The molecule has 4 aromatic rings. The van der Waals surface area contributed by atoms with E-state index >= 15 is 4.79 Å². The van der Waals surface area contributed by atoms with Crippen molar-refractivity contribution in [3.05, 3.63) is 112 Å². The summed E-state index contributed by atoms with van der Waals surface area (Å²) in [4.78, 5) is 201. The normalized spacial score (nSPS) is 14.9. The van der Waals surface area contributed by atoms with Gasteiger partial charge in [0.1, 0.15) is 60.2 Å². The minimum Gasteiger partial charge on any atom is -0.393 e. The molecule has 0 saturated heterocycles. The summed E-state index contributed by atoms with van der Waals surface area (Å²) in [6, 6.07) is 3.40. The van der Waals surface area contributed by atoms with E-state index in [2.05, 4.69) is 87.5 Å². The molecule has 2 heterocycles. The molecule has 38 heteroatoms. The van der Waals surface area contributed by atoms with Crippen molar-refractivity contribution in [3.63, 3.8) is 0 Å². The van der Waals surface area contributed by atoms with E-state index in [0.29, 0.717) is 70.2 Å². The zero-order valence-electron chi connectivity index (χ0n) is 73.0. The number of anilines is 1. The van der Waals surface area contributed by atoms with Crippen LogP contribution < -0.4 is 103 Å². The molecule has 1 unspecified atom stereocenters. The van der Waals surface area contributed by atoms with Gasteiger partial charge in [0.25, 0.3) is 11.8 Å². The van der Waals surface area contributed by atoms with Gasteiger partial charge in [-0.2, -0.15) is 0 Å². The molecule has 0 spiro atoms. The topological polar surface area (TPSA) is 602 Å². The molecule has 5 rings (SSSR count). The number of aromatic amines is 1. The molecule has 0 bridgehead atoms. The van der Waals surface area contributed by atoms with Crippen LogP contribution in [0.1, 0.15) is 183 Å². The van der Waals surface area contributed by atoms with Crippen LogP contribution in [0.3, 0.4) is 0 Å². The third kappa shape index (κ3) is 32.8. The summed E-state index contributed by atoms with van der Waals surface area (Å²) < 4.78 is 15.0. The first kappa shape index (κ1) is 103. The van der Waals surface area contributed by atoms with Gasteiger partial charge in [-0.25, -0.2) is 14.1 Å². The molecular formula is C86H132FN21O16. The highest BCUT2D eigenvalue weighted by molar-refractivity contribution is 6.42. The number of nitrogens with two attached hydrogens (primary N) is 6. The van der Waals surface area contributed by atoms with Crippen LogP contribution in [0.25, 0.3) is 22.8 Å². The number of hydrogen-bond acceptors (Lipinski definition) is 22. The van der Waals surface area contributed by atoms with Gasteiger partial charge in [0.2, 0.25) is 65.0 Å². The number of aliphatic hydroxyl groups excluding tert-OH is 2. The Morgan fingerprint density at radius 2 is 0.992 bits per heavy atom. The molecule has 0 fully saturated rings. The molecule has 0 saturated carbocycles. The number of primary amides is 1. The molecule has 0 aliphatic carbocycles. The number of benzene rings is 3. The number of nitrogens with zero attached hydrogens (tertiary/aromatic N) is 2. The number of fused-ring (bicyclic) bond motifs is 1. The van der Waals surface area contributed by atoms with E-state index < -0.39 is 149 Å². The quantitative estimate of drug-likeness (QED) is 0.0200. The summed E-state index contributed by atoms with van der Waals surface area (Å²) in [5, 5.41) is 52.4. The fourth-order valence-corrected chi connectivity index (χ4v) is 14.0. The molecular weight excluding hydrogens is 1600 g/mol. The SMILES string of the molecule is CCN(CC)CCNC(=O)c1c(C)[nH]c(/C=C2\C(=O)N(C(=O)NCc3ccc(-c4ccc(C[C@@H](NC(=O)C(CCN)NC(=O)[C@H](CCNC(=O)C[C@@H](C)O)NC(=O)[C@H](CCN)NC(=O)[C@@H](NC(=O)[C@@H](CCN)NC(=O)CCCCCC(C)C)[C@@H](C)O)C(=O)N[C@@H](CC(C)C)C(=O)N[C@@H](CCN)C(=O)N[C@@H](CCN)C(N)=O)cc4)cc3)c3ccc(F)cc32)c1C. The molecule has 1 aliphatic heterocycles. The van der Waals surface area contributed by atoms with Crippen molar-refractivity contribution >= 4 is 100 Å². The molecule has 27 N–H and O–H groups in total. The summed E-state index contributed by atoms with van der Waals surface area (Å²) in [5.41, 5.74) is 39.6. The average molecular weight is 1740 g/mol. The van der Waals surface area contributed by atoms with Gasteiger partial charge < -0.3 is 118 Å². The van der Waals surface area contributed by atoms with E-state index in [9.17, 15) is 76.9 Å². The van der Waals surface area contributed by atoms with Crippen molar-refractivity contribution in [1.82, 2.24) is 73.7 Å². The lowest BCUT2D eigenvalue weighted by molar-refractivity contribution is -0.137. The lowest BCUT2D eigenvalue weighted by Crippen LogP contribution is -2.62. The zero-order chi connectivity index (χ0) is 92.0. The van der Waals surface area contributed by atoms with Crippen molar-refractivity contribution in [3.8, 4) is 11.1 Å². The third-order valence-electron chi connectivity index (χ3n) is 20.9. The number of carbonyl (C=O) groups is 14. The summed E-state index contributed by atoms with van der Waals surface area (Å²) >= 11 is 0. The van der Waals surface area contributed by atoms with Crippen LogP contribution >= 0.6 is 0 Å². The molecule has 124 heavy (non-hydrogen) atoms. The Labute approximate surface area is 724 Å². The summed E-state index contributed by atoms with van der Waals surface area (Å²) in [7, 11) is 0. The first-order chi connectivity index (χ1) is 58.9. The van der Waals surface area contributed by atoms with E-state index in [4.69, 9.17) is 34.4 Å². The molecule has 1 aliphatic rings. The lowest BCUT2D eigenvalue weighted by atomic mass is 9.98. The Balaban J connectivity index is 1.43. The Morgan fingerprint density at radius 3 is 1.50 bits per heavy atom. The van der Waals surface area contributed by atoms with Gasteiger partial charge in [0.05, 0.1) is 35.5 Å². The minimum atomic E-state index is -1.72. The first-order valence-electron chi connectivity index (χ1n) is 42.6. The second kappa shape index (κ2) is 52.5. The second-order valence-corrected chi connectivity index (χ2v) is 31.9. The lowest BCUT2D eigenvalue weighted by Gasteiger charge is -2.29. The zero-order valence-corrected chi connectivity index (χ0v) is 73.0. The highest BCUT2D eigenvalue weighted by atomic mass is 19.1. The number of halogens is 1. The van der Waals surface area contributed by atoms with E-state index in [1.54, 1.807) is 76.2 Å². The maximum atomic E-state index is 15.1. The Kier molecular flexibility index (Phi) is 43.8. The smallest absolute Gasteiger partial charge is 0.329 e. The third-order valence-corrected chi connectivity index (χ3v) is 20.9. The number of aliphatic hydroxyl groups is 2. The number of unbranched alkanes of at least 4 members (excludes halogenated alkanes) is 2. The Morgan fingerprint density at radius 1 is 0.516 bits per heavy atom. The number of likely N-dealkylation sites (N-methyl/N-ethyl adjacent to an activating group) is 1. The highest BCUT2D eigenvalue weighted by Gasteiger charge is 2.40. The van der Waals surface area contributed by atoms with Crippen LogP contribution in [-0.2, 0) is 70.5 Å². The maximum Gasteiger partial charge on any atom is 0.329 e. The number of urea groups is 1. The fourth-order valence-electron chi connectivity index (χ4n) is 14.0. The van der Waals surface area contributed by atoms with Crippen molar-refractivity contribution < 1.29 is 81.7 Å². The van der Waals surface area contributed by atoms with Crippen molar-refractivity contribution in [2.24, 2.45) is 46.2 Å². The van der Waals surface area contributed by atoms with Crippen molar-refractivity contribution in [2.75, 3.05) is 70.3 Å². The number of amides is 15. The number of aryl methyl sites for hydroxylation is 1.